The van der Waals surface area contributed by atoms with Gasteiger partial charge in [0.15, 0.2) is 0 Å². The van der Waals surface area contributed by atoms with Gasteiger partial charge in [0.05, 0.1) is 4.90 Å². The zero-order valence-electron chi connectivity index (χ0n) is 19.4. The van der Waals surface area contributed by atoms with Crippen LogP contribution in [0.5, 0.6) is 0 Å². The first-order chi connectivity index (χ1) is 15.3. The zero-order chi connectivity index (χ0) is 23.1. The van der Waals surface area contributed by atoms with Crippen molar-refractivity contribution in [3.05, 3.63) is 65.2 Å². The smallest absolute Gasteiger partial charge is 0.251 e. The van der Waals surface area contributed by atoms with Gasteiger partial charge in [0.1, 0.15) is 0 Å². The van der Waals surface area contributed by atoms with Gasteiger partial charge >= 0.3 is 0 Å². The van der Waals surface area contributed by atoms with E-state index in [1.54, 1.807) is 12.1 Å². The number of rotatable bonds is 9. The van der Waals surface area contributed by atoms with Crippen molar-refractivity contribution in [3.8, 4) is 0 Å². The minimum absolute atomic E-state index is 0.205. The number of nitrogens with one attached hydrogen (secondary N) is 1. The molecule has 32 heavy (non-hydrogen) atoms. The third-order valence-electron chi connectivity index (χ3n) is 6.08. The first kappa shape index (κ1) is 24.4. The molecule has 1 atom stereocenters. The van der Waals surface area contributed by atoms with E-state index in [4.69, 9.17) is 0 Å². The highest BCUT2D eigenvalue weighted by Gasteiger charge is 2.21. The Kier molecular flexibility index (Phi) is 8.45. The molecule has 1 unspecified atom stereocenters. The van der Waals surface area contributed by atoms with Crippen LogP contribution in [0.15, 0.2) is 53.4 Å². The molecule has 0 radical (unpaired) electrons. The van der Waals surface area contributed by atoms with Gasteiger partial charge in [-0.1, -0.05) is 45.0 Å². The lowest BCUT2D eigenvalue weighted by molar-refractivity contribution is 0.0951. The summed E-state index contributed by atoms with van der Waals surface area (Å²) in [5.74, 6) is 0.549. The van der Waals surface area contributed by atoms with Crippen LogP contribution in [0.2, 0.25) is 0 Å². The van der Waals surface area contributed by atoms with Crippen molar-refractivity contribution in [1.82, 2.24) is 14.5 Å². The van der Waals surface area contributed by atoms with Crippen molar-refractivity contribution >= 4 is 15.9 Å². The minimum Gasteiger partial charge on any atom is -0.348 e. The van der Waals surface area contributed by atoms with E-state index in [2.05, 4.69) is 41.4 Å². The van der Waals surface area contributed by atoms with Gasteiger partial charge in [-0.25, -0.2) is 8.42 Å². The van der Waals surface area contributed by atoms with Gasteiger partial charge in [0.2, 0.25) is 10.0 Å². The Labute approximate surface area is 192 Å². The molecule has 3 rings (SSSR count). The molecule has 0 aromatic heterocycles. The van der Waals surface area contributed by atoms with Crippen molar-refractivity contribution in [2.24, 2.45) is 5.92 Å². The Morgan fingerprint density at radius 1 is 1.03 bits per heavy atom. The molecule has 1 fully saturated rings. The summed E-state index contributed by atoms with van der Waals surface area (Å²) in [4.78, 5) is 15.2. The SMILES string of the molecule is CCN(CC)S(=O)(=O)c1ccc(C(=O)NCc2ccc(CN3CCCC(C)C3)cc2)cc1. The van der Waals surface area contributed by atoms with Gasteiger partial charge in [-0.2, -0.15) is 4.31 Å². The lowest BCUT2D eigenvalue weighted by Gasteiger charge is -2.30. The standard InChI is InChI=1S/C25H35N3O3S/c1-4-28(5-2)32(30,31)24-14-12-23(13-15-24)25(29)26-17-21-8-10-22(11-9-21)19-27-16-6-7-20(3)18-27/h8-15,20H,4-7,16-19H2,1-3H3,(H,26,29). The second-order valence-electron chi connectivity index (χ2n) is 8.60. The average Bonchev–Trinajstić information content (AvgIpc) is 2.79. The molecular formula is C25H35N3O3S. The summed E-state index contributed by atoms with van der Waals surface area (Å²) >= 11 is 0. The van der Waals surface area contributed by atoms with E-state index in [-0.39, 0.29) is 10.8 Å². The summed E-state index contributed by atoms with van der Waals surface area (Å²) in [6.07, 6.45) is 2.59. The molecule has 174 valence electrons. The number of carbonyl (C=O) groups excluding carboxylic acids is 1. The Morgan fingerprint density at radius 2 is 1.66 bits per heavy atom. The van der Waals surface area contributed by atoms with Crippen LogP contribution in [0, 0.1) is 5.92 Å². The highest BCUT2D eigenvalue weighted by atomic mass is 32.2. The Hall–Kier alpha value is -2.22. The zero-order valence-corrected chi connectivity index (χ0v) is 20.2. The highest BCUT2D eigenvalue weighted by Crippen LogP contribution is 2.19. The maximum Gasteiger partial charge on any atom is 0.251 e. The Balaban J connectivity index is 1.54. The maximum atomic E-state index is 12.6. The van der Waals surface area contributed by atoms with Crippen molar-refractivity contribution < 1.29 is 13.2 Å². The average molecular weight is 458 g/mol. The third kappa shape index (κ3) is 6.18. The molecule has 7 heteroatoms. The summed E-state index contributed by atoms with van der Waals surface area (Å²) < 4.78 is 26.6. The largest absolute Gasteiger partial charge is 0.348 e. The van der Waals surface area contributed by atoms with Crippen LogP contribution in [0.3, 0.4) is 0 Å². The lowest BCUT2D eigenvalue weighted by Crippen LogP contribution is -2.33. The number of piperidine rings is 1. The van der Waals surface area contributed by atoms with Crippen LogP contribution in [0.1, 0.15) is 55.1 Å². The van der Waals surface area contributed by atoms with Gasteiger partial charge in [-0.3, -0.25) is 9.69 Å². The first-order valence-corrected chi connectivity index (χ1v) is 13.0. The molecule has 1 amide bonds. The molecule has 0 saturated carbocycles. The second kappa shape index (κ2) is 11.1. The molecular weight excluding hydrogens is 422 g/mol. The van der Waals surface area contributed by atoms with E-state index in [0.717, 1.165) is 31.1 Å². The molecule has 2 aromatic rings. The van der Waals surface area contributed by atoms with Crippen LogP contribution in [-0.4, -0.2) is 49.7 Å². The highest BCUT2D eigenvalue weighted by molar-refractivity contribution is 7.89. The first-order valence-electron chi connectivity index (χ1n) is 11.5. The summed E-state index contributed by atoms with van der Waals surface area (Å²) in [7, 11) is -3.52. The van der Waals surface area contributed by atoms with Gasteiger partial charge in [0, 0.05) is 38.3 Å². The molecule has 1 saturated heterocycles. The van der Waals surface area contributed by atoms with Crippen molar-refractivity contribution in [3.63, 3.8) is 0 Å². The normalized spacial score (nSPS) is 17.4. The number of amides is 1. The molecule has 1 heterocycles. The van der Waals surface area contributed by atoms with E-state index in [1.807, 2.05) is 13.8 Å². The fourth-order valence-corrected chi connectivity index (χ4v) is 5.68. The van der Waals surface area contributed by atoms with Crippen molar-refractivity contribution in [1.29, 1.82) is 0 Å². The maximum absolute atomic E-state index is 12.6. The number of likely N-dealkylation sites (tertiary alicyclic amines) is 1. The molecule has 0 bridgehead atoms. The van der Waals surface area contributed by atoms with Gasteiger partial charge in [0.25, 0.3) is 5.91 Å². The van der Waals surface area contributed by atoms with Crippen LogP contribution < -0.4 is 5.32 Å². The van der Waals surface area contributed by atoms with Gasteiger partial charge < -0.3 is 5.32 Å². The second-order valence-corrected chi connectivity index (χ2v) is 10.5. The van der Waals surface area contributed by atoms with Crippen molar-refractivity contribution in [2.45, 2.75) is 51.6 Å². The van der Waals surface area contributed by atoms with E-state index in [9.17, 15) is 13.2 Å². The fraction of sp³-hybridized carbons (Fsp3) is 0.480. The summed E-state index contributed by atoms with van der Waals surface area (Å²) in [5, 5.41) is 2.92. The molecule has 6 nitrogen and oxygen atoms in total. The molecule has 0 spiro atoms. The van der Waals surface area contributed by atoms with Crippen LogP contribution in [-0.2, 0) is 23.1 Å². The van der Waals surface area contributed by atoms with Crippen LogP contribution >= 0.6 is 0 Å². The topological polar surface area (TPSA) is 69.7 Å². The third-order valence-corrected chi connectivity index (χ3v) is 8.15. The monoisotopic (exact) mass is 457 g/mol. The predicted octanol–water partition coefficient (Wildman–Crippen LogP) is 3.88. The molecule has 0 aliphatic carbocycles. The van der Waals surface area contributed by atoms with Gasteiger partial charge in [-0.05, 0) is 60.7 Å². The van der Waals surface area contributed by atoms with Crippen molar-refractivity contribution in [2.75, 3.05) is 26.2 Å². The minimum atomic E-state index is -3.52. The molecule has 1 aliphatic heterocycles. The Bertz CT molecular complexity index is 984. The summed E-state index contributed by atoms with van der Waals surface area (Å²) in [5.41, 5.74) is 2.77. The summed E-state index contributed by atoms with van der Waals surface area (Å²) in [6, 6.07) is 14.5. The van der Waals surface area contributed by atoms with E-state index in [0.29, 0.717) is 25.2 Å². The fourth-order valence-electron chi connectivity index (χ4n) is 4.23. The van der Waals surface area contributed by atoms with E-state index < -0.39 is 10.0 Å². The van der Waals surface area contributed by atoms with Gasteiger partial charge in [-0.15, -0.1) is 0 Å². The molecule has 1 aliphatic rings. The van der Waals surface area contributed by atoms with E-state index in [1.165, 1.54) is 34.8 Å². The predicted molar refractivity (Wildman–Crippen MR) is 128 cm³/mol. The number of carbonyl (C=O) groups is 1. The summed E-state index contributed by atoms with van der Waals surface area (Å²) in [6.45, 7) is 10.5. The number of benzene rings is 2. The number of sulfonamides is 1. The van der Waals surface area contributed by atoms with E-state index >= 15 is 0 Å². The molecule has 1 N–H and O–H groups in total. The lowest BCUT2D eigenvalue weighted by atomic mass is 9.99. The quantitative estimate of drug-likeness (QED) is 0.620. The van der Waals surface area contributed by atoms with Crippen LogP contribution in [0.4, 0.5) is 0 Å². The number of hydrogen-bond acceptors (Lipinski definition) is 4. The number of nitrogens with zero attached hydrogens (tertiary/aromatic N) is 2. The molecule has 2 aromatic carbocycles. The number of hydrogen-bond donors (Lipinski definition) is 1. The Morgan fingerprint density at radius 3 is 2.25 bits per heavy atom. The van der Waals surface area contributed by atoms with Crippen LogP contribution in [0.25, 0.3) is 0 Å².